The Morgan fingerprint density at radius 2 is 0.957 bits per heavy atom. The Hall–Kier alpha value is -0.541. The monoisotopic (exact) mass is 377 g/mol. The minimum atomic E-state index is -0.936. The maximum absolute atomic E-state index is 10.5. The first-order valence-electron chi connectivity index (χ1n) is 8.44. The van der Waals surface area contributed by atoms with Crippen LogP contribution in [0.15, 0.2) is 0 Å². The second-order valence-electron chi connectivity index (χ2n) is 7.26. The molecule has 141 valence electrons. The van der Waals surface area contributed by atoms with E-state index < -0.39 is 22.8 Å². The number of unbranched alkanes of at least 4 members (excludes halogenated alkanes) is 4. The van der Waals surface area contributed by atoms with Crippen LogP contribution in [0.3, 0.4) is 0 Å². The van der Waals surface area contributed by atoms with Crippen LogP contribution in [0.4, 0.5) is 0 Å². The third kappa shape index (κ3) is 14.8. The summed E-state index contributed by atoms with van der Waals surface area (Å²) in [6.45, 7) is 11.1. The van der Waals surface area contributed by atoms with Crippen molar-refractivity contribution < 1.29 is 36.9 Å². The van der Waals surface area contributed by atoms with Gasteiger partial charge in [-0.25, -0.2) is 0 Å². The van der Waals surface area contributed by atoms with Gasteiger partial charge in [0, 0.05) is 22.8 Å². The summed E-state index contributed by atoms with van der Waals surface area (Å²) in [6.07, 6.45) is 7.89. The molecule has 0 unspecified atom stereocenters. The van der Waals surface area contributed by atoms with Gasteiger partial charge < -0.3 is 19.8 Å². The molecule has 0 aromatic heterocycles. The number of hydrogen-bond acceptors (Lipinski definition) is 4. The molecule has 0 aromatic rings. The molecule has 0 aliphatic carbocycles. The van der Waals surface area contributed by atoms with Crippen LogP contribution in [0.5, 0.6) is 0 Å². The van der Waals surface area contributed by atoms with Crippen molar-refractivity contribution in [2.24, 2.45) is 10.8 Å². The van der Waals surface area contributed by atoms with Gasteiger partial charge in [0.15, 0.2) is 0 Å². The second-order valence-corrected chi connectivity index (χ2v) is 7.26. The van der Waals surface area contributed by atoms with Crippen molar-refractivity contribution in [3.63, 3.8) is 0 Å². The molecule has 0 spiro atoms. The SMILES string of the molecule is CCCCCC(C)(C)C(=O)[O-].CCCCCC(C)(C)C(=O)[O-].[Cu+2]. The van der Waals surface area contributed by atoms with Crippen LogP contribution in [-0.2, 0) is 26.7 Å². The molecule has 0 N–H and O–H groups in total. The Labute approximate surface area is 152 Å². The maximum atomic E-state index is 10.5. The van der Waals surface area contributed by atoms with E-state index in [1.807, 2.05) is 0 Å². The van der Waals surface area contributed by atoms with Crippen molar-refractivity contribution >= 4 is 11.9 Å². The first-order valence-corrected chi connectivity index (χ1v) is 8.44. The fourth-order valence-corrected chi connectivity index (χ4v) is 1.84. The number of carbonyl (C=O) groups excluding carboxylic acids is 2. The number of rotatable bonds is 10. The van der Waals surface area contributed by atoms with Gasteiger partial charge in [0.25, 0.3) is 0 Å². The number of carbonyl (C=O) groups is 2. The molecule has 0 fully saturated rings. The van der Waals surface area contributed by atoms with E-state index >= 15 is 0 Å². The molecule has 0 atom stereocenters. The van der Waals surface area contributed by atoms with Crippen molar-refractivity contribution in [1.82, 2.24) is 0 Å². The predicted molar refractivity (Wildman–Crippen MR) is 85.9 cm³/mol. The zero-order chi connectivity index (χ0) is 17.8. The van der Waals surface area contributed by atoms with Gasteiger partial charge in [-0.05, 0) is 12.8 Å². The summed E-state index contributed by atoms with van der Waals surface area (Å²) >= 11 is 0. The number of carboxylic acid groups (broad SMARTS) is 2. The summed E-state index contributed by atoms with van der Waals surface area (Å²) < 4.78 is 0. The molecule has 0 aromatic carbocycles. The summed E-state index contributed by atoms with van der Waals surface area (Å²) in [5.74, 6) is -1.87. The fraction of sp³-hybridized carbons (Fsp3) is 0.889. The normalized spacial score (nSPS) is 11.0. The van der Waals surface area contributed by atoms with E-state index in [0.717, 1.165) is 51.4 Å². The Morgan fingerprint density at radius 1 is 0.696 bits per heavy atom. The Morgan fingerprint density at radius 3 is 1.13 bits per heavy atom. The van der Waals surface area contributed by atoms with E-state index in [2.05, 4.69) is 13.8 Å². The van der Waals surface area contributed by atoms with Crippen LogP contribution in [0.1, 0.15) is 92.9 Å². The van der Waals surface area contributed by atoms with Gasteiger partial charge in [-0.1, -0.05) is 80.1 Å². The zero-order valence-electron chi connectivity index (χ0n) is 15.6. The van der Waals surface area contributed by atoms with Crippen molar-refractivity contribution in [3.05, 3.63) is 0 Å². The van der Waals surface area contributed by atoms with Crippen LogP contribution in [0, 0.1) is 10.8 Å². The number of hydrogen-bond donors (Lipinski definition) is 0. The van der Waals surface area contributed by atoms with Gasteiger partial charge in [-0.15, -0.1) is 0 Å². The molecule has 23 heavy (non-hydrogen) atoms. The van der Waals surface area contributed by atoms with Crippen LogP contribution in [-0.4, -0.2) is 11.9 Å². The smallest absolute Gasteiger partial charge is 0.550 e. The molecule has 0 bridgehead atoms. The van der Waals surface area contributed by atoms with E-state index in [1.165, 1.54) is 0 Å². The quantitative estimate of drug-likeness (QED) is 0.433. The standard InChI is InChI=1S/2C9H18O2.Cu/c2*1-4-5-6-7-9(2,3)8(10)11;/h2*4-7H2,1-3H3,(H,10,11);/q;;+2/p-2. The number of carboxylic acids is 2. The summed E-state index contributed by atoms with van der Waals surface area (Å²) in [5, 5.41) is 21.0. The number of aliphatic carboxylic acids is 2. The maximum Gasteiger partial charge on any atom is 2.00 e. The van der Waals surface area contributed by atoms with Crippen LogP contribution in [0.25, 0.3) is 0 Å². The van der Waals surface area contributed by atoms with Gasteiger partial charge in [-0.3, -0.25) is 0 Å². The van der Waals surface area contributed by atoms with Crippen molar-refractivity contribution in [2.75, 3.05) is 0 Å². The zero-order valence-corrected chi connectivity index (χ0v) is 16.5. The molecule has 0 saturated heterocycles. The van der Waals surface area contributed by atoms with Crippen LogP contribution >= 0.6 is 0 Å². The molecule has 0 aliphatic rings. The molecule has 0 amide bonds. The van der Waals surface area contributed by atoms with Crippen molar-refractivity contribution in [3.8, 4) is 0 Å². The Kier molecular flexibility index (Phi) is 16.5. The summed E-state index contributed by atoms with van der Waals surface area (Å²) in [6, 6.07) is 0. The first-order chi connectivity index (χ1) is 10.0. The van der Waals surface area contributed by atoms with Gasteiger partial charge >= 0.3 is 17.1 Å². The largest absolute Gasteiger partial charge is 2.00 e. The fourth-order valence-electron chi connectivity index (χ4n) is 1.84. The third-order valence-corrected chi connectivity index (χ3v) is 3.92. The summed E-state index contributed by atoms with van der Waals surface area (Å²) in [5.41, 5.74) is -1.29. The van der Waals surface area contributed by atoms with E-state index in [4.69, 9.17) is 0 Å². The second kappa shape index (κ2) is 13.9. The first kappa shape index (κ1) is 27.3. The van der Waals surface area contributed by atoms with Gasteiger partial charge in [0.05, 0.1) is 0 Å². The molecule has 0 aliphatic heterocycles. The predicted octanol–water partition coefficient (Wildman–Crippen LogP) is 2.68. The van der Waals surface area contributed by atoms with E-state index in [0.29, 0.717) is 0 Å². The van der Waals surface area contributed by atoms with Gasteiger partial charge in [-0.2, -0.15) is 0 Å². The molecule has 0 rings (SSSR count). The van der Waals surface area contributed by atoms with E-state index in [1.54, 1.807) is 27.7 Å². The van der Waals surface area contributed by atoms with Crippen molar-refractivity contribution in [1.29, 1.82) is 0 Å². The Bertz CT molecular complexity index is 293. The molecule has 0 heterocycles. The summed E-state index contributed by atoms with van der Waals surface area (Å²) in [4.78, 5) is 21.0. The van der Waals surface area contributed by atoms with Crippen molar-refractivity contribution in [2.45, 2.75) is 92.9 Å². The average molecular weight is 378 g/mol. The molecular weight excluding hydrogens is 344 g/mol. The molecular formula is C18H34CuO4. The minimum Gasteiger partial charge on any atom is -0.550 e. The third-order valence-electron chi connectivity index (χ3n) is 3.92. The molecule has 4 nitrogen and oxygen atoms in total. The summed E-state index contributed by atoms with van der Waals surface area (Å²) in [7, 11) is 0. The van der Waals surface area contributed by atoms with Crippen LogP contribution < -0.4 is 10.2 Å². The molecule has 1 radical (unpaired) electrons. The van der Waals surface area contributed by atoms with E-state index in [9.17, 15) is 19.8 Å². The van der Waals surface area contributed by atoms with Gasteiger partial charge in [0.2, 0.25) is 0 Å². The topological polar surface area (TPSA) is 80.3 Å². The van der Waals surface area contributed by atoms with Gasteiger partial charge in [0.1, 0.15) is 0 Å². The minimum absolute atomic E-state index is 0. The molecule has 0 saturated carbocycles. The molecule has 5 heteroatoms. The van der Waals surface area contributed by atoms with Crippen LogP contribution in [0.2, 0.25) is 0 Å². The average Bonchev–Trinajstić information content (AvgIpc) is 2.39. The Balaban J connectivity index is -0.000000333. The van der Waals surface area contributed by atoms with E-state index in [-0.39, 0.29) is 17.1 Å².